The van der Waals surface area contributed by atoms with Crippen molar-refractivity contribution < 1.29 is 30.0 Å². The molecule has 1 N–H and O–H groups in total. The molecule has 0 spiro atoms. The first-order chi connectivity index (χ1) is 9.59. The predicted octanol–water partition coefficient (Wildman–Crippen LogP) is 3.82. The van der Waals surface area contributed by atoms with E-state index in [-0.39, 0.29) is 31.6 Å². The molecule has 0 saturated carbocycles. The Bertz CT molecular complexity index is 553. The summed E-state index contributed by atoms with van der Waals surface area (Å²) >= 11 is 0. The van der Waals surface area contributed by atoms with Crippen molar-refractivity contribution in [2.24, 2.45) is 0 Å². The fourth-order valence-corrected chi connectivity index (χ4v) is 1.54. The summed E-state index contributed by atoms with van der Waals surface area (Å²) in [6, 6.07) is 5.93. The van der Waals surface area contributed by atoms with Gasteiger partial charge in [0, 0.05) is 32.4 Å². The van der Waals surface area contributed by atoms with E-state index >= 15 is 0 Å². The average Bonchev–Trinajstić information content (AvgIpc) is 2.67. The van der Waals surface area contributed by atoms with Gasteiger partial charge in [0.25, 0.3) is 0 Å². The predicted molar refractivity (Wildman–Crippen MR) is 80.9 cm³/mol. The second kappa shape index (κ2) is 11.0. The summed E-state index contributed by atoms with van der Waals surface area (Å²) in [4.78, 5) is 14.3. The number of aliphatic hydroxyl groups is 1. The van der Waals surface area contributed by atoms with Gasteiger partial charge in [-0.1, -0.05) is 18.2 Å². The number of carbonyl (C=O) groups excluding carboxylic acids is 1. The van der Waals surface area contributed by atoms with Gasteiger partial charge in [0.05, 0.1) is 5.76 Å². The first kappa shape index (κ1) is 19.2. The smallest absolute Gasteiger partial charge is 0.155 e. The maximum atomic E-state index is 10.0. The first-order valence-corrected chi connectivity index (χ1v) is 6.33. The van der Waals surface area contributed by atoms with Crippen LogP contribution in [0.1, 0.15) is 26.0 Å². The number of hydrogen-bond acceptors (Lipinski definition) is 3. The molecule has 0 bridgehead atoms. The average molecular weight is 461 g/mol. The number of ketones is 1. The first-order valence-electron chi connectivity index (χ1n) is 6.33. The van der Waals surface area contributed by atoms with Crippen LogP contribution in [-0.2, 0) is 24.9 Å². The van der Waals surface area contributed by atoms with E-state index in [0.29, 0.717) is 0 Å². The van der Waals surface area contributed by atoms with Gasteiger partial charge in [-0.15, -0.1) is 11.6 Å². The van der Waals surface area contributed by atoms with Gasteiger partial charge in [-0.25, -0.2) is 0 Å². The third kappa shape index (κ3) is 8.90. The van der Waals surface area contributed by atoms with Crippen molar-refractivity contribution in [2.75, 3.05) is 0 Å². The minimum absolute atomic E-state index is 0. The number of pyridine rings is 1. The van der Waals surface area contributed by atoms with Crippen molar-refractivity contribution >= 4 is 11.4 Å². The van der Waals surface area contributed by atoms with Gasteiger partial charge in [-0.2, -0.15) is 18.2 Å². The molecule has 3 nitrogen and oxygen atoms in total. The number of aromatic nitrogens is 1. The minimum Gasteiger partial charge on any atom is -0.512 e. The Morgan fingerprint density at radius 2 is 2.10 bits per heavy atom. The van der Waals surface area contributed by atoms with E-state index in [1.165, 1.54) is 19.9 Å². The summed E-state index contributed by atoms with van der Waals surface area (Å²) in [5.41, 5.74) is 2.16. The molecule has 1 aromatic rings. The molecule has 0 amide bonds. The molecule has 0 aromatic carbocycles. The summed E-state index contributed by atoms with van der Waals surface area (Å²) in [6.45, 7) is 2.85. The van der Waals surface area contributed by atoms with Crippen LogP contribution in [0.3, 0.4) is 0 Å². The molecule has 0 aliphatic heterocycles. The van der Waals surface area contributed by atoms with Crippen LogP contribution in [0.5, 0.6) is 0 Å². The van der Waals surface area contributed by atoms with Crippen molar-refractivity contribution in [2.45, 2.75) is 20.3 Å². The van der Waals surface area contributed by atoms with Crippen molar-refractivity contribution in [3.8, 4) is 0 Å². The molecule has 1 aliphatic carbocycles. The zero-order valence-corrected chi connectivity index (χ0v) is 14.4. The Morgan fingerprint density at radius 3 is 2.62 bits per heavy atom. The van der Waals surface area contributed by atoms with Crippen LogP contribution in [-0.4, -0.2) is 15.9 Å². The SMILES string of the molecule is CC(=O)/C=C(/C)O.[C-]1=C(c2ccccn2)CC=CC=C1.[Ir]. The molecule has 1 radical (unpaired) electrons. The molecule has 1 aliphatic rings. The second-order valence-corrected chi connectivity index (χ2v) is 4.23. The second-order valence-electron chi connectivity index (χ2n) is 4.23. The van der Waals surface area contributed by atoms with E-state index < -0.39 is 0 Å². The van der Waals surface area contributed by atoms with E-state index in [1.807, 2.05) is 42.6 Å². The van der Waals surface area contributed by atoms with Crippen LogP contribution >= 0.6 is 0 Å². The Labute approximate surface area is 139 Å². The number of hydrogen-bond donors (Lipinski definition) is 1. The fourth-order valence-electron chi connectivity index (χ4n) is 1.54. The molecular weight excluding hydrogens is 442 g/mol. The summed E-state index contributed by atoms with van der Waals surface area (Å²) < 4.78 is 0. The molecule has 21 heavy (non-hydrogen) atoms. The molecule has 4 heteroatoms. The number of carbonyl (C=O) groups is 1. The molecule has 113 valence electrons. The summed E-state index contributed by atoms with van der Waals surface area (Å²) in [6.07, 6.45) is 15.1. The Kier molecular flexibility index (Phi) is 10.0. The molecule has 0 atom stereocenters. The number of nitrogens with zero attached hydrogens (tertiary/aromatic N) is 1. The van der Waals surface area contributed by atoms with E-state index in [1.54, 1.807) is 0 Å². The van der Waals surface area contributed by atoms with E-state index in [9.17, 15) is 4.79 Å². The van der Waals surface area contributed by atoms with Crippen LogP contribution in [0, 0.1) is 6.08 Å². The van der Waals surface area contributed by atoms with Crippen molar-refractivity contribution in [1.29, 1.82) is 0 Å². The maximum absolute atomic E-state index is 10.0. The van der Waals surface area contributed by atoms with Crippen molar-refractivity contribution in [3.63, 3.8) is 0 Å². The molecular formula is C17H18IrNO2-. The number of rotatable bonds is 2. The third-order valence-electron chi connectivity index (χ3n) is 2.31. The van der Waals surface area contributed by atoms with E-state index in [4.69, 9.17) is 5.11 Å². The van der Waals surface area contributed by atoms with Crippen LogP contribution < -0.4 is 0 Å². The Balaban J connectivity index is 0.000000436. The van der Waals surface area contributed by atoms with Gasteiger partial charge in [0.1, 0.15) is 0 Å². The zero-order valence-electron chi connectivity index (χ0n) is 12.0. The Morgan fingerprint density at radius 1 is 1.33 bits per heavy atom. The largest absolute Gasteiger partial charge is 0.512 e. The third-order valence-corrected chi connectivity index (χ3v) is 2.31. The van der Waals surface area contributed by atoms with Gasteiger partial charge in [0.2, 0.25) is 0 Å². The zero-order chi connectivity index (χ0) is 14.8. The van der Waals surface area contributed by atoms with Crippen LogP contribution in [0.25, 0.3) is 5.57 Å². The standard InChI is InChI=1S/C12H10N.C5H8O2.Ir/c1-2-4-8-11(7-3-1)12-9-5-6-10-13-12;1-4(6)3-5(2)7;/h1-6,9-10H,7H2;3,6H,1-2H3;/q-1;;/b;4-3-;. The number of aliphatic hydroxyl groups excluding tert-OH is 1. The normalized spacial score (nSPS) is 13.2. The quantitative estimate of drug-likeness (QED) is 0.415. The minimum atomic E-state index is -0.125. The summed E-state index contributed by atoms with van der Waals surface area (Å²) in [5.74, 6) is -0.0625. The molecule has 2 rings (SSSR count). The van der Waals surface area contributed by atoms with Gasteiger partial charge >= 0.3 is 0 Å². The van der Waals surface area contributed by atoms with E-state index in [0.717, 1.165) is 17.7 Å². The molecule has 1 aromatic heterocycles. The topological polar surface area (TPSA) is 50.2 Å². The van der Waals surface area contributed by atoms with Gasteiger partial charge in [-0.05, 0) is 32.0 Å². The summed E-state index contributed by atoms with van der Waals surface area (Å²) in [7, 11) is 0. The monoisotopic (exact) mass is 461 g/mol. The van der Waals surface area contributed by atoms with Gasteiger partial charge < -0.3 is 10.1 Å². The summed E-state index contributed by atoms with van der Waals surface area (Å²) in [5, 5.41) is 8.36. The molecule has 0 fully saturated rings. The Hall–Kier alpha value is -1.77. The van der Waals surface area contributed by atoms with Gasteiger partial charge in [0.15, 0.2) is 5.78 Å². The van der Waals surface area contributed by atoms with Crippen molar-refractivity contribution in [3.05, 3.63) is 72.3 Å². The van der Waals surface area contributed by atoms with Crippen LogP contribution in [0.15, 0.2) is 60.5 Å². The van der Waals surface area contributed by atoms with Crippen molar-refractivity contribution in [1.82, 2.24) is 4.98 Å². The van der Waals surface area contributed by atoms with Crippen LogP contribution in [0.4, 0.5) is 0 Å². The fraction of sp³-hybridized carbons (Fsp3) is 0.176. The molecule has 0 saturated heterocycles. The number of allylic oxidation sites excluding steroid dienone is 8. The molecule has 1 heterocycles. The molecule has 0 unspecified atom stereocenters. The maximum Gasteiger partial charge on any atom is 0.155 e. The van der Waals surface area contributed by atoms with Crippen LogP contribution in [0.2, 0.25) is 0 Å². The van der Waals surface area contributed by atoms with E-state index in [2.05, 4.69) is 17.1 Å². The van der Waals surface area contributed by atoms with Gasteiger partial charge in [-0.3, -0.25) is 4.79 Å².